The molecule has 116 valence electrons. The number of hydrogen-bond acceptors (Lipinski definition) is 1. The van der Waals surface area contributed by atoms with Gasteiger partial charge in [0, 0.05) is 5.69 Å². The Bertz CT molecular complexity index is 467. The molecule has 1 fully saturated rings. The summed E-state index contributed by atoms with van der Waals surface area (Å²) in [7, 11) is 0. The zero-order valence-electron chi connectivity index (χ0n) is 13.7. The molecule has 0 saturated heterocycles. The lowest BCUT2D eigenvalue weighted by molar-refractivity contribution is -0.690. The third-order valence-electron chi connectivity index (χ3n) is 4.46. The molecule has 0 bridgehead atoms. The van der Waals surface area contributed by atoms with E-state index in [1.54, 1.807) is 0 Å². The molecule has 1 aliphatic rings. The van der Waals surface area contributed by atoms with Crippen LogP contribution in [0.1, 0.15) is 55.2 Å². The van der Waals surface area contributed by atoms with Crippen LogP contribution in [0.15, 0.2) is 12.1 Å². The number of nitrogens with one attached hydrogen (secondary N) is 1. The highest BCUT2D eigenvalue weighted by Crippen LogP contribution is 2.21. The molecule has 0 spiro atoms. The second-order valence-electron chi connectivity index (χ2n) is 6.49. The van der Waals surface area contributed by atoms with E-state index in [0.29, 0.717) is 6.42 Å². The minimum absolute atomic E-state index is 0.136. The van der Waals surface area contributed by atoms with Gasteiger partial charge in [0.15, 0.2) is 0 Å². The number of carbonyl (C=O) groups is 1. The van der Waals surface area contributed by atoms with E-state index >= 15 is 0 Å². The summed E-state index contributed by atoms with van der Waals surface area (Å²) in [6.07, 6.45) is 7.33. The highest BCUT2D eigenvalue weighted by atomic mass is 16.1. The van der Waals surface area contributed by atoms with Gasteiger partial charge in [-0.05, 0) is 57.6 Å². The highest BCUT2D eigenvalue weighted by molar-refractivity contribution is 5.92. The van der Waals surface area contributed by atoms with Crippen LogP contribution in [0.25, 0.3) is 0 Å². The molecule has 0 atom stereocenters. The van der Waals surface area contributed by atoms with Gasteiger partial charge in [0.1, 0.15) is 0 Å². The monoisotopic (exact) mass is 289 g/mol. The molecule has 0 radical (unpaired) electrons. The number of nitrogens with two attached hydrogens (primary N) is 1. The fourth-order valence-corrected chi connectivity index (χ4v) is 3.40. The summed E-state index contributed by atoms with van der Waals surface area (Å²) < 4.78 is 0. The Morgan fingerprint density at radius 2 is 1.76 bits per heavy atom. The second kappa shape index (κ2) is 7.60. The average Bonchev–Trinajstić information content (AvgIpc) is 2.44. The Morgan fingerprint density at radius 3 is 2.38 bits per heavy atom. The Morgan fingerprint density at radius 1 is 1.14 bits per heavy atom. The predicted molar refractivity (Wildman–Crippen MR) is 87.6 cm³/mol. The number of carbonyl (C=O) groups excluding carboxylic acids is 1. The van der Waals surface area contributed by atoms with Crippen molar-refractivity contribution < 1.29 is 10.1 Å². The van der Waals surface area contributed by atoms with Crippen molar-refractivity contribution in [3.05, 3.63) is 28.8 Å². The smallest absolute Gasteiger partial charge is 0.230 e. The molecule has 1 aromatic rings. The Labute approximate surface area is 128 Å². The van der Waals surface area contributed by atoms with Crippen molar-refractivity contribution in [2.45, 2.75) is 65.3 Å². The molecule has 0 aromatic heterocycles. The van der Waals surface area contributed by atoms with Crippen LogP contribution in [0.3, 0.4) is 0 Å². The van der Waals surface area contributed by atoms with Crippen LogP contribution in [-0.2, 0) is 4.79 Å². The van der Waals surface area contributed by atoms with E-state index in [9.17, 15) is 4.79 Å². The van der Waals surface area contributed by atoms with Crippen molar-refractivity contribution in [1.82, 2.24) is 0 Å². The van der Waals surface area contributed by atoms with E-state index in [4.69, 9.17) is 0 Å². The summed E-state index contributed by atoms with van der Waals surface area (Å²) in [6.45, 7) is 7.11. The third kappa shape index (κ3) is 4.85. The van der Waals surface area contributed by atoms with Crippen LogP contribution in [0.5, 0.6) is 0 Å². The van der Waals surface area contributed by atoms with Crippen molar-refractivity contribution in [1.29, 1.82) is 0 Å². The topological polar surface area (TPSA) is 45.7 Å². The fourth-order valence-electron chi connectivity index (χ4n) is 3.40. The molecular weight excluding hydrogens is 260 g/mol. The van der Waals surface area contributed by atoms with Crippen molar-refractivity contribution in [3.8, 4) is 0 Å². The highest BCUT2D eigenvalue weighted by Gasteiger charge is 2.16. The van der Waals surface area contributed by atoms with Crippen LogP contribution in [-0.4, -0.2) is 18.5 Å². The van der Waals surface area contributed by atoms with E-state index in [-0.39, 0.29) is 5.91 Å². The van der Waals surface area contributed by atoms with Crippen LogP contribution in [0.2, 0.25) is 0 Å². The number of aryl methyl sites for hydroxylation is 3. The molecule has 2 rings (SSSR count). The molecule has 1 amide bonds. The first-order valence-corrected chi connectivity index (χ1v) is 8.27. The third-order valence-corrected chi connectivity index (χ3v) is 4.46. The Balaban J connectivity index is 1.79. The number of amides is 1. The normalized spacial score (nSPS) is 16.0. The molecule has 3 heteroatoms. The standard InChI is InChI=1S/C18H28N2O/c1-13-11-14(2)18(15(3)12-13)20-17(21)9-10-19-16-7-5-4-6-8-16/h11-12,16,19H,4-10H2,1-3H3,(H,20,21)/p+1. The SMILES string of the molecule is Cc1cc(C)c(NC(=O)CC[NH2+]C2CCCCC2)c(C)c1. The van der Waals surface area contributed by atoms with Crippen molar-refractivity contribution in [2.75, 3.05) is 11.9 Å². The lowest BCUT2D eigenvalue weighted by Gasteiger charge is -2.19. The van der Waals surface area contributed by atoms with Gasteiger partial charge in [-0.15, -0.1) is 0 Å². The molecule has 21 heavy (non-hydrogen) atoms. The number of benzene rings is 1. The zero-order chi connectivity index (χ0) is 15.2. The lowest BCUT2D eigenvalue weighted by Crippen LogP contribution is -2.90. The van der Waals surface area contributed by atoms with Crippen LogP contribution >= 0.6 is 0 Å². The first-order chi connectivity index (χ1) is 10.1. The first kappa shape index (κ1) is 16.0. The largest absolute Gasteiger partial charge is 0.343 e. The van der Waals surface area contributed by atoms with E-state index in [1.165, 1.54) is 37.7 Å². The van der Waals surface area contributed by atoms with E-state index in [0.717, 1.165) is 29.4 Å². The number of hydrogen-bond donors (Lipinski definition) is 2. The fraction of sp³-hybridized carbons (Fsp3) is 0.611. The Kier molecular flexibility index (Phi) is 5.80. The number of rotatable bonds is 5. The summed E-state index contributed by atoms with van der Waals surface area (Å²) >= 11 is 0. The van der Waals surface area contributed by atoms with Crippen molar-refractivity contribution in [2.24, 2.45) is 0 Å². The van der Waals surface area contributed by atoms with Crippen LogP contribution in [0, 0.1) is 20.8 Å². The van der Waals surface area contributed by atoms with Gasteiger partial charge in [-0.2, -0.15) is 0 Å². The number of quaternary nitrogens is 1. The summed E-state index contributed by atoms with van der Waals surface area (Å²) in [5.41, 5.74) is 4.53. The molecule has 1 aliphatic carbocycles. The molecule has 0 heterocycles. The summed E-state index contributed by atoms with van der Waals surface area (Å²) in [5.74, 6) is 0.136. The van der Waals surface area contributed by atoms with Gasteiger partial charge >= 0.3 is 0 Å². The maximum Gasteiger partial charge on any atom is 0.230 e. The van der Waals surface area contributed by atoms with Gasteiger partial charge in [0.2, 0.25) is 5.91 Å². The maximum atomic E-state index is 12.1. The molecule has 3 N–H and O–H groups in total. The summed E-state index contributed by atoms with van der Waals surface area (Å²) in [4.78, 5) is 12.1. The van der Waals surface area contributed by atoms with Crippen LogP contribution < -0.4 is 10.6 Å². The average molecular weight is 289 g/mol. The molecule has 0 unspecified atom stereocenters. The Hall–Kier alpha value is -1.35. The molecular formula is C18H29N2O+. The summed E-state index contributed by atoms with van der Waals surface area (Å²) in [5, 5.41) is 5.45. The molecule has 1 saturated carbocycles. The second-order valence-corrected chi connectivity index (χ2v) is 6.49. The quantitative estimate of drug-likeness (QED) is 0.860. The van der Waals surface area contributed by atoms with E-state index < -0.39 is 0 Å². The molecule has 1 aromatic carbocycles. The van der Waals surface area contributed by atoms with Gasteiger partial charge in [-0.1, -0.05) is 24.1 Å². The van der Waals surface area contributed by atoms with E-state index in [2.05, 4.69) is 43.5 Å². The first-order valence-electron chi connectivity index (χ1n) is 8.27. The minimum Gasteiger partial charge on any atom is -0.343 e. The van der Waals surface area contributed by atoms with E-state index in [1.807, 2.05) is 0 Å². The zero-order valence-corrected chi connectivity index (χ0v) is 13.7. The number of anilines is 1. The molecule has 3 nitrogen and oxygen atoms in total. The van der Waals surface area contributed by atoms with Gasteiger partial charge in [-0.25, -0.2) is 0 Å². The van der Waals surface area contributed by atoms with Gasteiger partial charge in [-0.3, -0.25) is 4.79 Å². The van der Waals surface area contributed by atoms with Gasteiger partial charge in [0.25, 0.3) is 0 Å². The predicted octanol–water partition coefficient (Wildman–Crippen LogP) is 2.84. The van der Waals surface area contributed by atoms with Gasteiger partial charge in [0.05, 0.1) is 19.0 Å². The van der Waals surface area contributed by atoms with Crippen molar-refractivity contribution in [3.63, 3.8) is 0 Å². The lowest BCUT2D eigenvalue weighted by atomic mass is 9.95. The van der Waals surface area contributed by atoms with Crippen molar-refractivity contribution >= 4 is 11.6 Å². The summed E-state index contributed by atoms with van der Waals surface area (Å²) in [6, 6.07) is 4.99. The minimum atomic E-state index is 0.136. The molecule has 0 aliphatic heterocycles. The van der Waals surface area contributed by atoms with Crippen LogP contribution in [0.4, 0.5) is 5.69 Å². The van der Waals surface area contributed by atoms with Gasteiger partial charge < -0.3 is 10.6 Å². The maximum absolute atomic E-state index is 12.1.